The average Bonchev–Trinajstić information content (AvgIpc) is 2.61. The van der Waals surface area contributed by atoms with Gasteiger partial charge in [0.25, 0.3) is 0 Å². The molecule has 0 aliphatic rings. The number of rotatable bonds is 5. The first-order chi connectivity index (χ1) is 11.7. The molecule has 0 aliphatic carbocycles. The Labute approximate surface area is 146 Å². The Hall–Kier alpha value is -2.65. The first-order valence-electron chi connectivity index (χ1n) is 7.75. The summed E-state index contributed by atoms with van der Waals surface area (Å²) in [6, 6.07) is 19.3. The van der Waals surface area contributed by atoms with Gasteiger partial charge in [0.15, 0.2) is 0 Å². The summed E-state index contributed by atoms with van der Waals surface area (Å²) in [6.07, 6.45) is 4.70. The standard InChI is InChI=1S/C20H17ClN2O/c21-18-7-2-8-19(13-18)23-20(24)10-9-15-4-1-5-16(12-15)17-6-3-11-22-14-17/h1-8,11-14H,9-10H2,(H,23,24). The minimum Gasteiger partial charge on any atom is -0.326 e. The second-order valence-electron chi connectivity index (χ2n) is 5.50. The van der Waals surface area contributed by atoms with Crippen molar-refractivity contribution in [1.29, 1.82) is 0 Å². The molecular weight excluding hydrogens is 320 g/mol. The van der Waals surface area contributed by atoms with Gasteiger partial charge in [-0.25, -0.2) is 0 Å². The number of pyridine rings is 1. The van der Waals surface area contributed by atoms with Crippen LogP contribution in [-0.4, -0.2) is 10.9 Å². The number of nitrogens with one attached hydrogen (secondary N) is 1. The molecule has 1 aromatic heterocycles. The molecule has 1 amide bonds. The van der Waals surface area contributed by atoms with E-state index in [-0.39, 0.29) is 5.91 Å². The fourth-order valence-electron chi connectivity index (χ4n) is 2.49. The first-order valence-corrected chi connectivity index (χ1v) is 8.13. The van der Waals surface area contributed by atoms with E-state index < -0.39 is 0 Å². The highest BCUT2D eigenvalue weighted by Gasteiger charge is 2.05. The van der Waals surface area contributed by atoms with Crippen LogP contribution in [0.4, 0.5) is 5.69 Å². The van der Waals surface area contributed by atoms with Gasteiger partial charge in [0.05, 0.1) is 0 Å². The second kappa shape index (κ2) is 7.75. The Morgan fingerprint density at radius 1 is 1.00 bits per heavy atom. The molecule has 4 heteroatoms. The molecule has 120 valence electrons. The molecule has 0 unspecified atom stereocenters. The Morgan fingerprint density at radius 2 is 1.83 bits per heavy atom. The molecule has 0 aliphatic heterocycles. The van der Waals surface area contributed by atoms with Gasteiger partial charge in [0, 0.05) is 29.5 Å². The summed E-state index contributed by atoms with van der Waals surface area (Å²) < 4.78 is 0. The Balaban J connectivity index is 1.61. The van der Waals surface area contributed by atoms with Crippen LogP contribution in [0, 0.1) is 0 Å². The molecule has 3 aromatic rings. The molecule has 1 N–H and O–H groups in total. The van der Waals surface area contributed by atoms with E-state index in [4.69, 9.17) is 11.6 Å². The molecule has 0 saturated heterocycles. The molecule has 0 bridgehead atoms. The van der Waals surface area contributed by atoms with E-state index in [1.54, 1.807) is 18.3 Å². The summed E-state index contributed by atoms with van der Waals surface area (Å²) >= 11 is 5.92. The van der Waals surface area contributed by atoms with Gasteiger partial charge >= 0.3 is 0 Å². The van der Waals surface area contributed by atoms with Crippen molar-refractivity contribution in [3.05, 3.63) is 83.6 Å². The number of hydrogen-bond donors (Lipinski definition) is 1. The van der Waals surface area contributed by atoms with Crippen molar-refractivity contribution < 1.29 is 4.79 Å². The van der Waals surface area contributed by atoms with Crippen LogP contribution in [0.2, 0.25) is 5.02 Å². The predicted octanol–water partition coefficient (Wildman–Crippen LogP) is 4.97. The van der Waals surface area contributed by atoms with Gasteiger partial charge in [-0.15, -0.1) is 0 Å². The Morgan fingerprint density at radius 3 is 2.62 bits per heavy atom. The molecule has 2 aromatic carbocycles. The number of hydrogen-bond acceptors (Lipinski definition) is 2. The van der Waals surface area contributed by atoms with E-state index in [2.05, 4.69) is 16.4 Å². The van der Waals surface area contributed by atoms with Gasteiger partial charge in [-0.3, -0.25) is 9.78 Å². The Kier molecular flexibility index (Phi) is 5.24. The van der Waals surface area contributed by atoms with Crippen LogP contribution in [0.3, 0.4) is 0 Å². The Bertz CT molecular complexity index is 834. The third kappa shape index (κ3) is 4.43. The number of amides is 1. The third-order valence-corrected chi connectivity index (χ3v) is 3.91. The van der Waals surface area contributed by atoms with Gasteiger partial charge in [-0.1, -0.05) is 48.0 Å². The quantitative estimate of drug-likeness (QED) is 0.714. The highest BCUT2D eigenvalue weighted by Crippen LogP contribution is 2.20. The molecule has 0 atom stereocenters. The highest BCUT2D eigenvalue weighted by molar-refractivity contribution is 6.30. The summed E-state index contributed by atoms with van der Waals surface area (Å²) in [5.41, 5.74) is 4.02. The zero-order valence-electron chi connectivity index (χ0n) is 13.1. The van der Waals surface area contributed by atoms with Crippen LogP contribution >= 0.6 is 11.6 Å². The minimum absolute atomic E-state index is 0.0240. The zero-order valence-corrected chi connectivity index (χ0v) is 13.8. The molecule has 1 heterocycles. The van der Waals surface area contributed by atoms with Crippen molar-refractivity contribution in [1.82, 2.24) is 4.98 Å². The molecule has 3 rings (SSSR count). The number of anilines is 1. The topological polar surface area (TPSA) is 42.0 Å². The van der Waals surface area contributed by atoms with Gasteiger partial charge in [-0.2, -0.15) is 0 Å². The smallest absolute Gasteiger partial charge is 0.224 e. The predicted molar refractivity (Wildman–Crippen MR) is 98.1 cm³/mol. The third-order valence-electron chi connectivity index (χ3n) is 3.67. The fourth-order valence-corrected chi connectivity index (χ4v) is 2.68. The first kappa shape index (κ1) is 16.2. The maximum atomic E-state index is 12.1. The lowest BCUT2D eigenvalue weighted by atomic mass is 10.0. The van der Waals surface area contributed by atoms with Crippen molar-refractivity contribution >= 4 is 23.2 Å². The number of halogens is 1. The van der Waals surface area contributed by atoms with Gasteiger partial charge in [-0.05, 0) is 47.4 Å². The maximum absolute atomic E-state index is 12.1. The molecule has 0 saturated carbocycles. The van der Waals surface area contributed by atoms with Crippen molar-refractivity contribution in [2.75, 3.05) is 5.32 Å². The van der Waals surface area contributed by atoms with Crippen LogP contribution in [0.5, 0.6) is 0 Å². The van der Waals surface area contributed by atoms with E-state index in [0.29, 0.717) is 17.9 Å². The van der Waals surface area contributed by atoms with Crippen molar-refractivity contribution in [2.24, 2.45) is 0 Å². The van der Waals surface area contributed by atoms with Crippen LogP contribution < -0.4 is 5.32 Å². The highest BCUT2D eigenvalue weighted by atomic mass is 35.5. The van der Waals surface area contributed by atoms with Crippen LogP contribution in [0.25, 0.3) is 11.1 Å². The molecule has 24 heavy (non-hydrogen) atoms. The van der Waals surface area contributed by atoms with Gasteiger partial charge in [0.2, 0.25) is 5.91 Å². The fraction of sp³-hybridized carbons (Fsp3) is 0.100. The molecule has 0 spiro atoms. The largest absolute Gasteiger partial charge is 0.326 e. The summed E-state index contributed by atoms with van der Waals surface area (Å²) in [5, 5.41) is 3.47. The summed E-state index contributed by atoms with van der Waals surface area (Å²) in [4.78, 5) is 16.2. The van der Waals surface area contributed by atoms with Gasteiger partial charge in [0.1, 0.15) is 0 Å². The number of carbonyl (C=O) groups excluding carboxylic acids is 1. The molecule has 3 nitrogen and oxygen atoms in total. The summed E-state index contributed by atoms with van der Waals surface area (Å²) in [5.74, 6) is -0.0240. The van der Waals surface area contributed by atoms with Crippen LogP contribution in [-0.2, 0) is 11.2 Å². The molecule has 0 fully saturated rings. The number of carbonyl (C=O) groups is 1. The molecule has 0 radical (unpaired) electrons. The number of aryl methyl sites for hydroxylation is 1. The van der Waals surface area contributed by atoms with E-state index >= 15 is 0 Å². The van der Waals surface area contributed by atoms with Crippen LogP contribution in [0.15, 0.2) is 73.1 Å². The molecular formula is C20H17ClN2O. The van der Waals surface area contributed by atoms with Crippen molar-refractivity contribution in [2.45, 2.75) is 12.8 Å². The monoisotopic (exact) mass is 336 g/mol. The lowest BCUT2D eigenvalue weighted by Crippen LogP contribution is -2.12. The zero-order chi connectivity index (χ0) is 16.8. The number of nitrogens with zero attached hydrogens (tertiary/aromatic N) is 1. The SMILES string of the molecule is O=C(CCc1cccc(-c2cccnc2)c1)Nc1cccc(Cl)c1. The normalized spacial score (nSPS) is 10.4. The average molecular weight is 337 g/mol. The van der Waals surface area contributed by atoms with Gasteiger partial charge < -0.3 is 5.32 Å². The number of aromatic nitrogens is 1. The van der Waals surface area contributed by atoms with E-state index in [1.807, 2.05) is 48.7 Å². The lowest BCUT2D eigenvalue weighted by molar-refractivity contribution is -0.116. The summed E-state index contributed by atoms with van der Waals surface area (Å²) in [7, 11) is 0. The number of benzene rings is 2. The van der Waals surface area contributed by atoms with E-state index in [0.717, 1.165) is 22.4 Å². The van der Waals surface area contributed by atoms with Crippen molar-refractivity contribution in [3.63, 3.8) is 0 Å². The van der Waals surface area contributed by atoms with Crippen molar-refractivity contribution in [3.8, 4) is 11.1 Å². The minimum atomic E-state index is -0.0240. The van der Waals surface area contributed by atoms with Crippen LogP contribution in [0.1, 0.15) is 12.0 Å². The second-order valence-corrected chi connectivity index (χ2v) is 5.94. The van der Waals surface area contributed by atoms with E-state index in [1.165, 1.54) is 0 Å². The lowest BCUT2D eigenvalue weighted by Gasteiger charge is -2.07. The maximum Gasteiger partial charge on any atom is 0.224 e. The summed E-state index contributed by atoms with van der Waals surface area (Å²) in [6.45, 7) is 0. The van der Waals surface area contributed by atoms with E-state index in [9.17, 15) is 4.79 Å².